The molecule has 10 nitrogen and oxygen atoms in total. The topological polar surface area (TPSA) is 122 Å². The van der Waals surface area contributed by atoms with E-state index in [1.165, 1.54) is 24.6 Å². The van der Waals surface area contributed by atoms with Crippen LogP contribution in [0.15, 0.2) is 102 Å². The molecule has 7 rings (SSSR count). The number of carbonyl (C=O) groups excluding carboxylic acids is 2. The van der Waals surface area contributed by atoms with Crippen LogP contribution in [-0.4, -0.2) is 49.0 Å². The molecule has 1 aliphatic rings. The molecule has 0 aliphatic heterocycles. The molecular formula is C36H27N3O7. The summed E-state index contributed by atoms with van der Waals surface area (Å²) in [6, 6.07) is 22.2. The molecule has 0 spiro atoms. The maximum Gasteiger partial charge on any atom is 0.186 e. The average Bonchev–Trinajstić information content (AvgIpc) is 3.44. The number of anilines is 2. The van der Waals surface area contributed by atoms with Crippen LogP contribution in [0.4, 0.5) is 11.5 Å². The van der Waals surface area contributed by atoms with Gasteiger partial charge in [-0.3, -0.25) is 9.59 Å². The largest absolute Gasteiger partial charge is 0.493 e. The molecule has 0 saturated carbocycles. The maximum atomic E-state index is 13.0. The molecule has 2 aromatic heterocycles. The Kier molecular flexibility index (Phi) is 7.61. The van der Waals surface area contributed by atoms with E-state index in [4.69, 9.17) is 23.4 Å². The molecule has 2 heterocycles. The second-order valence-corrected chi connectivity index (χ2v) is 10.4. The number of nitrogens with zero attached hydrogens (tertiary/aromatic N) is 2. The van der Waals surface area contributed by atoms with E-state index in [-0.39, 0.29) is 17.1 Å². The summed E-state index contributed by atoms with van der Waals surface area (Å²) in [4.78, 5) is 34.3. The third-order valence-corrected chi connectivity index (χ3v) is 7.53. The number of hydrogen-bond acceptors (Lipinski definition) is 10. The Morgan fingerprint density at radius 2 is 1.65 bits per heavy atom. The molecule has 0 radical (unpaired) electrons. The van der Waals surface area contributed by atoms with Gasteiger partial charge in [-0.1, -0.05) is 18.2 Å². The number of ketones is 2. The van der Waals surface area contributed by atoms with Gasteiger partial charge in [0.05, 0.1) is 19.2 Å². The number of para-hydroxylation sites is 1. The van der Waals surface area contributed by atoms with Gasteiger partial charge >= 0.3 is 0 Å². The summed E-state index contributed by atoms with van der Waals surface area (Å²) in [6.45, 7) is 0.777. The quantitative estimate of drug-likeness (QED) is 0.125. The van der Waals surface area contributed by atoms with Gasteiger partial charge in [0.2, 0.25) is 0 Å². The lowest BCUT2D eigenvalue weighted by atomic mass is 9.95. The van der Waals surface area contributed by atoms with Crippen LogP contribution in [0, 0.1) is 0 Å². The fourth-order valence-electron chi connectivity index (χ4n) is 5.33. The van der Waals surface area contributed by atoms with Crippen molar-refractivity contribution in [1.29, 1.82) is 0 Å². The predicted molar refractivity (Wildman–Crippen MR) is 174 cm³/mol. The first-order valence-electron chi connectivity index (χ1n) is 14.4. The number of hydrogen-bond donors (Lipinski definition) is 1. The van der Waals surface area contributed by atoms with E-state index in [9.17, 15) is 9.59 Å². The van der Waals surface area contributed by atoms with E-state index in [1.54, 1.807) is 44.6 Å². The molecule has 10 heteroatoms. The predicted octanol–water partition coefficient (Wildman–Crippen LogP) is 7.19. The number of ether oxygens (including phenoxy) is 4. The van der Waals surface area contributed by atoms with E-state index in [2.05, 4.69) is 15.3 Å². The molecule has 4 aromatic carbocycles. The molecule has 0 bridgehead atoms. The third-order valence-electron chi connectivity index (χ3n) is 7.53. The minimum Gasteiger partial charge on any atom is -0.493 e. The number of allylic oxidation sites excluding steroid dienone is 4. The van der Waals surface area contributed by atoms with E-state index >= 15 is 0 Å². The molecule has 0 atom stereocenters. The Hall–Kier alpha value is -6.00. The van der Waals surface area contributed by atoms with Crippen LogP contribution in [0.2, 0.25) is 0 Å². The molecule has 0 unspecified atom stereocenters. The van der Waals surface area contributed by atoms with Crippen LogP contribution in [0.1, 0.15) is 5.56 Å². The Labute approximate surface area is 262 Å². The van der Waals surface area contributed by atoms with Gasteiger partial charge in [0.1, 0.15) is 41.4 Å². The van der Waals surface area contributed by atoms with E-state index in [0.717, 1.165) is 21.9 Å². The zero-order valence-corrected chi connectivity index (χ0v) is 24.9. The number of benzene rings is 4. The SMILES string of the molecule is COCCOc1cc2ncnc(Nc3ccc(Oc4ccc5oc6ccccc6c5c4)c(C4=CC(=O)C=CC4=O)c3)c2cc1OC. The summed E-state index contributed by atoms with van der Waals surface area (Å²) in [5.74, 6) is 1.89. The van der Waals surface area contributed by atoms with E-state index < -0.39 is 0 Å². The first-order chi connectivity index (χ1) is 22.5. The maximum absolute atomic E-state index is 13.0. The highest BCUT2D eigenvalue weighted by Gasteiger charge is 2.21. The molecule has 6 aromatic rings. The van der Waals surface area contributed by atoms with Crippen molar-refractivity contribution >= 4 is 61.5 Å². The van der Waals surface area contributed by atoms with Crippen LogP contribution in [0.3, 0.4) is 0 Å². The third kappa shape index (κ3) is 5.53. The number of carbonyl (C=O) groups is 2. The van der Waals surface area contributed by atoms with Crippen molar-refractivity contribution in [2.24, 2.45) is 0 Å². The van der Waals surface area contributed by atoms with E-state index in [1.807, 2.05) is 42.5 Å². The van der Waals surface area contributed by atoms with Crippen LogP contribution in [-0.2, 0) is 14.3 Å². The number of aromatic nitrogens is 2. The summed E-state index contributed by atoms with van der Waals surface area (Å²) >= 11 is 0. The minimum atomic E-state index is -0.309. The van der Waals surface area contributed by atoms with Crippen LogP contribution >= 0.6 is 0 Å². The van der Waals surface area contributed by atoms with Crippen molar-refractivity contribution in [1.82, 2.24) is 9.97 Å². The van der Waals surface area contributed by atoms with Crippen molar-refractivity contribution in [3.8, 4) is 23.0 Å². The first kappa shape index (κ1) is 28.8. The normalized spacial score (nSPS) is 13.0. The summed E-state index contributed by atoms with van der Waals surface area (Å²) < 4.78 is 28.8. The van der Waals surface area contributed by atoms with Crippen molar-refractivity contribution in [2.75, 3.05) is 32.8 Å². The molecule has 46 heavy (non-hydrogen) atoms. The zero-order chi connectivity index (χ0) is 31.6. The fourth-order valence-corrected chi connectivity index (χ4v) is 5.33. The highest BCUT2D eigenvalue weighted by atomic mass is 16.5. The van der Waals surface area contributed by atoms with Crippen LogP contribution < -0.4 is 19.5 Å². The summed E-state index contributed by atoms with van der Waals surface area (Å²) in [7, 11) is 3.16. The molecule has 228 valence electrons. The van der Waals surface area contributed by atoms with Crippen LogP contribution in [0.25, 0.3) is 38.4 Å². The highest BCUT2D eigenvalue weighted by molar-refractivity contribution is 6.34. The average molecular weight is 614 g/mol. The number of methoxy groups -OCH3 is 2. The number of rotatable bonds is 10. The molecule has 0 amide bonds. The number of furan rings is 1. The van der Waals surface area contributed by atoms with Gasteiger partial charge in [-0.25, -0.2) is 9.97 Å². The molecule has 1 N–H and O–H groups in total. The van der Waals surface area contributed by atoms with Crippen LogP contribution in [0.5, 0.6) is 23.0 Å². The Morgan fingerprint density at radius 1 is 0.783 bits per heavy atom. The standard InChI is InChI=1S/C36H27N3O7/c1-42-13-14-44-35-19-29-28(18-34(35)43-2)36(38-20-37-29)39-21-7-11-32(26(15-21)25-16-22(40)8-10-30(25)41)45-23-9-12-33-27(17-23)24-5-3-4-6-31(24)46-33/h3-12,15-20H,13-14H2,1-2H3,(H,37,38,39). The smallest absolute Gasteiger partial charge is 0.186 e. The molecule has 0 fully saturated rings. The van der Waals surface area contributed by atoms with Crippen molar-refractivity contribution in [2.45, 2.75) is 0 Å². The second-order valence-electron chi connectivity index (χ2n) is 10.4. The lowest BCUT2D eigenvalue weighted by Gasteiger charge is -2.17. The monoisotopic (exact) mass is 613 g/mol. The zero-order valence-electron chi connectivity index (χ0n) is 24.9. The number of nitrogens with one attached hydrogen (secondary N) is 1. The Balaban J connectivity index is 1.26. The summed E-state index contributed by atoms with van der Waals surface area (Å²) in [5, 5.41) is 5.88. The molecule has 0 saturated heterocycles. The fraction of sp³-hybridized carbons (Fsp3) is 0.111. The first-order valence-corrected chi connectivity index (χ1v) is 14.4. The number of fused-ring (bicyclic) bond motifs is 4. The van der Waals surface area contributed by atoms with Gasteiger partial charge in [-0.05, 0) is 66.8 Å². The van der Waals surface area contributed by atoms with Gasteiger partial charge in [-0.15, -0.1) is 0 Å². The lowest BCUT2D eigenvalue weighted by Crippen LogP contribution is -2.08. The highest BCUT2D eigenvalue weighted by Crippen LogP contribution is 2.39. The molecule has 1 aliphatic carbocycles. The minimum absolute atomic E-state index is 0.216. The van der Waals surface area contributed by atoms with Crippen molar-refractivity contribution < 1.29 is 33.0 Å². The lowest BCUT2D eigenvalue weighted by molar-refractivity contribution is -0.113. The summed E-state index contributed by atoms with van der Waals surface area (Å²) in [5.41, 5.74) is 3.40. The van der Waals surface area contributed by atoms with Gasteiger partial charge in [0, 0.05) is 46.2 Å². The van der Waals surface area contributed by atoms with Crippen molar-refractivity contribution in [3.05, 3.63) is 103 Å². The van der Waals surface area contributed by atoms with Gasteiger partial charge < -0.3 is 28.7 Å². The van der Waals surface area contributed by atoms with Crippen molar-refractivity contribution in [3.63, 3.8) is 0 Å². The van der Waals surface area contributed by atoms with E-state index in [0.29, 0.717) is 64.2 Å². The summed E-state index contributed by atoms with van der Waals surface area (Å²) in [6.07, 6.45) is 5.28. The Morgan fingerprint density at radius 3 is 2.52 bits per heavy atom. The van der Waals surface area contributed by atoms with Gasteiger partial charge in [-0.2, -0.15) is 0 Å². The second kappa shape index (κ2) is 12.2. The Bertz CT molecular complexity index is 2220. The molecular weight excluding hydrogens is 586 g/mol. The van der Waals surface area contributed by atoms with Gasteiger partial charge in [0.25, 0.3) is 0 Å². The van der Waals surface area contributed by atoms with Gasteiger partial charge in [0.15, 0.2) is 23.1 Å².